The molecule has 0 spiro atoms. The first kappa shape index (κ1) is 15.2. The van der Waals surface area contributed by atoms with Gasteiger partial charge in [0.15, 0.2) is 0 Å². The molecule has 0 saturated heterocycles. The lowest BCUT2D eigenvalue weighted by molar-refractivity contribution is 0.101. The summed E-state index contributed by atoms with van der Waals surface area (Å²) in [5, 5.41) is 12.8. The van der Waals surface area contributed by atoms with Gasteiger partial charge in [-0.05, 0) is 31.9 Å². The fourth-order valence-corrected chi connectivity index (χ4v) is 3.59. The van der Waals surface area contributed by atoms with E-state index in [-0.39, 0.29) is 4.90 Å². The quantitative estimate of drug-likeness (QED) is 0.757. The predicted molar refractivity (Wildman–Crippen MR) is 77.0 cm³/mol. The van der Waals surface area contributed by atoms with Crippen molar-refractivity contribution in [1.29, 1.82) is 0 Å². The maximum atomic E-state index is 12.2. The Labute approximate surface area is 119 Å². The molecule has 0 bridgehead atoms. The summed E-state index contributed by atoms with van der Waals surface area (Å²) in [6, 6.07) is 2.75. The molecule has 1 aromatic rings. The first-order chi connectivity index (χ1) is 9.53. The highest BCUT2D eigenvalue weighted by atomic mass is 32.2. The highest BCUT2D eigenvalue weighted by Crippen LogP contribution is 2.20. The third-order valence-corrected chi connectivity index (χ3v) is 4.92. The van der Waals surface area contributed by atoms with Crippen LogP contribution >= 0.6 is 0 Å². The first-order valence-corrected chi connectivity index (χ1v) is 8.41. The minimum absolute atomic E-state index is 0.122. The molecule has 0 aromatic carbocycles. The van der Waals surface area contributed by atoms with Crippen LogP contribution in [0.25, 0.3) is 0 Å². The maximum Gasteiger partial charge on any atom is 0.242 e. The van der Waals surface area contributed by atoms with Gasteiger partial charge in [-0.15, -0.1) is 0 Å². The van der Waals surface area contributed by atoms with Gasteiger partial charge >= 0.3 is 0 Å². The molecule has 1 aromatic heterocycles. The van der Waals surface area contributed by atoms with E-state index in [2.05, 4.69) is 15.0 Å². The molecule has 2 rings (SSSR count). The lowest BCUT2D eigenvalue weighted by Crippen LogP contribution is -2.44. The monoisotopic (exact) mass is 299 g/mol. The van der Waals surface area contributed by atoms with Gasteiger partial charge in [0, 0.05) is 18.8 Å². The summed E-state index contributed by atoms with van der Waals surface area (Å²) in [5.74, 6) is 0.643. The molecule has 0 radical (unpaired) electrons. The van der Waals surface area contributed by atoms with E-state index >= 15 is 0 Å². The number of sulfonamides is 1. The van der Waals surface area contributed by atoms with E-state index in [1.807, 2.05) is 6.92 Å². The summed E-state index contributed by atoms with van der Waals surface area (Å²) in [4.78, 5) is 4.18. The van der Waals surface area contributed by atoms with Crippen molar-refractivity contribution < 1.29 is 13.5 Å². The summed E-state index contributed by atoms with van der Waals surface area (Å²) in [7, 11) is -3.62. The zero-order chi connectivity index (χ0) is 14.6. The Kier molecular flexibility index (Phi) is 4.95. The molecule has 6 nitrogen and oxygen atoms in total. The molecule has 1 aliphatic carbocycles. The van der Waals surface area contributed by atoms with Gasteiger partial charge in [-0.2, -0.15) is 0 Å². The highest BCUT2D eigenvalue weighted by Gasteiger charge is 2.28. The predicted octanol–water partition coefficient (Wildman–Crippen LogP) is 1.10. The van der Waals surface area contributed by atoms with Crippen molar-refractivity contribution in [2.45, 2.75) is 49.6 Å². The Balaban J connectivity index is 2.09. The molecule has 1 fully saturated rings. The molecule has 3 N–H and O–H groups in total. The van der Waals surface area contributed by atoms with Crippen LogP contribution in [-0.4, -0.2) is 37.2 Å². The summed E-state index contributed by atoms with van der Waals surface area (Å²) >= 11 is 0. The van der Waals surface area contributed by atoms with Crippen molar-refractivity contribution in [3.8, 4) is 0 Å². The molecule has 7 heteroatoms. The molecule has 0 amide bonds. The lowest BCUT2D eigenvalue weighted by Gasteiger charge is -2.28. The Morgan fingerprint density at radius 3 is 2.70 bits per heavy atom. The van der Waals surface area contributed by atoms with E-state index in [1.165, 1.54) is 12.3 Å². The van der Waals surface area contributed by atoms with Crippen LogP contribution in [0.5, 0.6) is 0 Å². The van der Waals surface area contributed by atoms with Crippen LogP contribution in [-0.2, 0) is 10.0 Å². The second-order valence-electron chi connectivity index (χ2n) is 4.99. The van der Waals surface area contributed by atoms with Crippen LogP contribution in [0.3, 0.4) is 0 Å². The SMILES string of the molecule is CCNc1ccc(S(=O)(=O)NC2CCCCC2O)cn1. The second kappa shape index (κ2) is 6.51. The molecule has 2 atom stereocenters. The van der Waals surface area contributed by atoms with Gasteiger partial charge in [-0.25, -0.2) is 18.1 Å². The molecular formula is C13H21N3O3S. The summed E-state index contributed by atoms with van der Waals surface area (Å²) in [6.07, 6.45) is 3.91. The van der Waals surface area contributed by atoms with E-state index < -0.39 is 22.2 Å². The van der Waals surface area contributed by atoms with Gasteiger partial charge in [0.2, 0.25) is 10.0 Å². The Bertz CT molecular complexity index is 530. The first-order valence-electron chi connectivity index (χ1n) is 6.93. The zero-order valence-electron chi connectivity index (χ0n) is 11.5. The van der Waals surface area contributed by atoms with E-state index in [0.717, 1.165) is 19.4 Å². The molecule has 1 aliphatic rings. The van der Waals surface area contributed by atoms with Crippen LogP contribution in [0.15, 0.2) is 23.2 Å². The molecule has 2 unspecified atom stereocenters. The minimum Gasteiger partial charge on any atom is -0.391 e. The molecule has 20 heavy (non-hydrogen) atoms. The molecule has 1 saturated carbocycles. The fraction of sp³-hybridized carbons (Fsp3) is 0.615. The smallest absolute Gasteiger partial charge is 0.242 e. The minimum atomic E-state index is -3.62. The van der Waals surface area contributed by atoms with Crippen LogP contribution in [0.4, 0.5) is 5.82 Å². The standard InChI is InChI=1S/C13H21N3O3S/c1-2-14-13-8-7-10(9-15-13)20(18,19)16-11-5-3-4-6-12(11)17/h7-9,11-12,16-17H,2-6H2,1H3,(H,14,15). The summed E-state index contributed by atoms with van der Waals surface area (Å²) in [6.45, 7) is 2.67. The highest BCUT2D eigenvalue weighted by molar-refractivity contribution is 7.89. The Morgan fingerprint density at radius 1 is 1.35 bits per heavy atom. The summed E-state index contributed by atoms with van der Waals surface area (Å²) < 4.78 is 27.0. The van der Waals surface area contributed by atoms with E-state index in [9.17, 15) is 13.5 Å². The average molecular weight is 299 g/mol. The number of aliphatic hydroxyl groups excluding tert-OH is 1. The number of nitrogens with zero attached hydrogens (tertiary/aromatic N) is 1. The Hall–Kier alpha value is -1.18. The van der Waals surface area contributed by atoms with Crippen molar-refractivity contribution in [3.05, 3.63) is 18.3 Å². The van der Waals surface area contributed by atoms with Crippen molar-refractivity contribution in [1.82, 2.24) is 9.71 Å². The summed E-state index contributed by atoms with van der Waals surface area (Å²) in [5.41, 5.74) is 0. The van der Waals surface area contributed by atoms with Gasteiger partial charge in [0.25, 0.3) is 0 Å². The van der Waals surface area contributed by atoms with Gasteiger partial charge < -0.3 is 10.4 Å². The van der Waals surface area contributed by atoms with E-state index in [0.29, 0.717) is 18.7 Å². The van der Waals surface area contributed by atoms with Crippen LogP contribution < -0.4 is 10.0 Å². The number of pyridine rings is 1. The second-order valence-corrected chi connectivity index (χ2v) is 6.70. The van der Waals surface area contributed by atoms with Crippen LogP contribution in [0.2, 0.25) is 0 Å². The molecule has 112 valence electrons. The normalized spacial score (nSPS) is 23.5. The van der Waals surface area contributed by atoms with Gasteiger partial charge in [0.05, 0.1) is 6.10 Å². The third kappa shape index (κ3) is 3.68. The molecule has 1 heterocycles. The fourth-order valence-electron chi connectivity index (χ4n) is 2.34. The number of anilines is 1. The largest absolute Gasteiger partial charge is 0.391 e. The van der Waals surface area contributed by atoms with Crippen LogP contribution in [0.1, 0.15) is 32.6 Å². The molecule has 0 aliphatic heterocycles. The average Bonchev–Trinajstić information content (AvgIpc) is 2.42. The zero-order valence-corrected chi connectivity index (χ0v) is 12.4. The third-order valence-electron chi connectivity index (χ3n) is 3.44. The van der Waals surface area contributed by atoms with Gasteiger partial charge in [0.1, 0.15) is 10.7 Å². The number of nitrogens with one attached hydrogen (secondary N) is 2. The van der Waals surface area contributed by atoms with Crippen molar-refractivity contribution in [2.24, 2.45) is 0 Å². The van der Waals surface area contributed by atoms with Gasteiger partial charge in [-0.3, -0.25) is 0 Å². The van der Waals surface area contributed by atoms with Gasteiger partial charge in [-0.1, -0.05) is 12.8 Å². The van der Waals surface area contributed by atoms with Crippen molar-refractivity contribution in [2.75, 3.05) is 11.9 Å². The lowest BCUT2D eigenvalue weighted by atomic mass is 9.93. The van der Waals surface area contributed by atoms with Crippen molar-refractivity contribution in [3.63, 3.8) is 0 Å². The Morgan fingerprint density at radius 2 is 2.10 bits per heavy atom. The number of rotatable bonds is 5. The maximum absolute atomic E-state index is 12.2. The van der Waals surface area contributed by atoms with E-state index in [4.69, 9.17) is 0 Å². The number of hydrogen-bond donors (Lipinski definition) is 3. The number of hydrogen-bond acceptors (Lipinski definition) is 5. The van der Waals surface area contributed by atoms with Crippen molar-refractivity contribution >= 4 is 15.8 Å². The molecular weight excluding hydrogens is 278 g/mol. The van der Waals surface area contributed by atoms with Crippen LogP contribution in [0, 0.1) is 0 Å². The topological polar surface area (TPSA) is 91.3 Å². The number of aromatic nitrogens is 1. The van der Waals surface area contributed by atoms with E-state index in [1.54, 1.807) is 6.07 Å². The number of aliphatic hydroxyl groups is 1.